The molecule has 0 saturated heterocycles. The smallest absolute Gasteiger partial charge is 0.0554 e. The third-order valence-electron chi connectivity index (χ3n) is 1.32. The Morgan fingerprint density at radius 3 is 2.67 bits per heavy atom. The monoisotopic (exact) mass is 240 g/mol. The van der Waals surface area contributed by atoms with Crippen LogP contribution in [0.3, 0.4) is 0 Å². The molecule has 0 bridgehead atoms. The van der Waals surface area contributed by atoms with Crippen LogP contribution < -0.4 is 0 Å². The topological polar surface area (TPSA) is 17.1 Å². The average molecular weight is 241 g/mol. The summed E-state index contributed by atoms with van der Waals surface area (Å²) in [6.45, 7) is 0. The summed E-state index contributed by atoms with van der Waals surface area (Å²) < 4.78 is 11.0. The Bertz CT molecular complexity index is 314. The zero-order valence-electron chi connectivity index (χ0n) is 6.21. The lowest BCUT2D eigenvalue weighted by Crippen LogP contribution is -1.86. The van der Waals surface area contributed by atoms with Crippen molar-refractivity contribution in [2.75, 3.05) is 6.26 Å². The van der Waals surface area contributed by atoms with Crippen LogP contribution in [0.2, 0.25) is 5.02 Å². The highest BCUT2D eigenvalue weighted by atomic mass is 35.7. The lowest BCUT2D eigenvalue weighted by atomic mass is 10.4. The highest BCUT2D eigenvalue weighted by molar-refractivity contribution is 8.21. The second kappa shape index (κ2) is 4.51. The predicted molar refractivity (Wildman–Crippen MR) is 55.5 cm³/mol. The molecular weight excluding hydrogens is 235 g/mol. The number of hydrogen-bond acceptors (Lipinski definition) is 2. The molecule has 1 aromatic rings. The Morgan fingerprint density at radius 2 is 2.17 bits per heavy atom. The van der Waals surface area contributed by atoms with Crippen molar-refractivity contribution >= 4 is 44.1 Å². The van der Waals surface area contributed by atoms with Crippen molar-refractivity contribution in [1.29, 1.82) is 0 Å². The van der Waals surface area contributed by atoms with Crippen molar-refractivity contribution in [3.8, 4) is 0 Å². The van der Waals surface area contributed by atoms with Crippen molar-refractivity contribution in [1.82, 2.24) is 0 Å². The molecule has 0 aliphatic heterocycles. The lowest BCUT2D eigenvalue weighted by Gasteiger charge is -2.00. The largest absolute Gasteiger partial charge is 0.255 e. The van der Waals surface area contributed by atoms with E-state index in [4.69, 9.17) is 22.3 Å². The van der Waals surface area contributed by atoms with E-state index < -0.39 is 10.8 Å². The van der Waals surface area contributed by atoms with Gasteiger partial charge < -0.3 is 0 Å². The van der Waals surface area contributed by atoms with Crippen LogP contribution in [0.4, 0.5) is 0 Å². The molecule has 1 rings (SSSR count). The minimum atomic E-state index is -0.980. The summed E-state index contributed by atoms with van der Waals surface area (Å²) in [5, 5.41) is 0.587. The maximum atomic E-state index is 11.0. The Morgan fingerprint density at radius 1 is 1.50 bits per heavy atom. The van der Waals surface area contributed by atoms with E-state index in [1.54, 1.807) is 24.5 Å². The maximum absolute atomic E-state index is 11.0. The fraction of sp³-hybridized carbons (Fsp3) is 0.143. The van der Waals surface area contributed by atoms with Gasteiger partial charge in [-0.3, -0.25) is 4.21 Å². The normalized spacial score (nSPS) is 12.9. The number of benzene rings is 1. The molecule has 0 saturated carbocycles. The molecule has 0 aliphatic rings. The molecule has 5 heteroatoms. The lowest BCUT2D eigenvalue weighted by molar-refractivity contribution is 0.686. The van der Waals surface area contributed by atoms with E-state index >= 15 is 0 Å². The van der Waals surface area contributed by atoms with E-state index in [0.717, 1.165) is 20.8 Å². The van der Waals surface area contributed by atoms with Gasteiger partial charge in [-0.05, 0) is 39.9 Å². The first-order chi connectivity index (χ1) is 5.65. The van der Waals surface area contributed by atoms with Crippen molar-refractivity contribution < 1.29 is 4.21 Å². The van der Waals surface area contributed by atoms with Gasteiger partial charge in [0.25, 0.3) is 0 Å². The molecule has 0 aliphatic carbocycles. The van der Waals surface area contributed by atoms with Crippen molar-refractivity contribution in [2.45, 2.75) is 9.79 Å². The fourth-order valence-electron chi connectivity index (χ4n) is 0.722. The summed E-state index contributed by atoms with van der Waals surface area (Å²) >= 11 is 5.80. The minimum absolute atomic E-state index is 0.587. The SMILES string of the molecule is CS(=O)c1ccc(Cl)c(SCl)c1. The second-order valence-electron chi connectivity index (χ2n) is 2.12. The zero-order valence-corrected chi connectivity index (χ0v) is 9.36. The molecule has 0 aromatic heterocycles. The van der Waals surface area contributed by atoms with Gasteiger partial charge in [0.1, 0.15) is 0 Å². The second-order valence-corrected chi connectivity index (χ2v) is 4.97. The van der Waals surface area contributed by atoms with Crippen molar-refractivity contribution in [3.63, 3.8) is 0 Å². The summed E-state index contributed by atoms with van der Waals surface area (Å²) in [4.78, 5) is 1.48. The average Bonchev–Trinajstić information content (AvgIpc) is 2.05. The summed E-state index contributed by atoms with van der Waals surface area (Å²) in [7, 11) is 5.60. The summed E-state index contributed by atoms with van der Waals surface area (Å²) in [5.41, 5.74) is 0. The van der Waals surface area contributed by atoms with Crippen LogP contribution >= 0.6 is 33.3 Å². The first-order valence-electron chi connectivity index (χ1n) is 3.06. The molecule has 12 heavy (non-hydrogen) atoms. The summed E-state index contributed by atoms with van der Waals surface area (Å²) in [6, 6.07) is 5.16. The molecule has 0 fully saturated rings. The van der Waals surface area contributed by atoms with Crippen LogP contribution in [0, 0.1) is 0 Å². The molecule has 0 radical (unpaired) electrons. The third kappa shape index (κ3) is 2.39. The van der Waals surface area contributed by atoms with Crippen LogP contribution in [0.15, 0.2) is 28.0 Å². The van der Waals surface area contributed by atoms with Gasteiger partial charge in [-0.15, -0.1) is 0 Å². The molecule has 0 amide bonds. The standard InChI is InChI=1S/C7H6Cl2OS2/c1-12(10)5-2-3-6(8)7(4-5)11-9/h2-4H,1H3. The molecule has 1 unspecified atom stereocenters. The molecule has 0 heterocycles. The van der Waals surface area contributed by atoms with E-state index in [2.05, 4.69) is 0 Å². The Kier molecular flexibility index (Phi) is 3.90. The molecule has 1 aromatic carbocycles. The third-order valence-corrected chi connectivity index (χ3v) is 3.68. The van der Waals surface area contributed by atoms with E-state index in [9.17, 15) is 4.21 Å². The van der Waals surface area contributed by atoms with E-state index in [1.807, 2.05) is 0 Å². The van der Waals surface area contributed by atoms with Crippen LogP contribution in [-0.4, -0.2) is 10.5 Å². The van der Waals surface area contributed by atoms with Gasteiger partial charge in [0.2, 0.25) is 0 Å². The van der Waals surface area contributed by atoms with E-state index in [-0.39, 0.29) is 0 Å². The Hall–Kier alpha value is 0.300. The molecule has 0 N–H and O–H groups in total. The van der Waals surface area contributed by atoms with Crippen LogP contribution in [0.1, 0.15) is 0 Å². The van der Waals surface area contributed by atoms with Crippen LogP contribution in [0.25, 0.3) is 0 Å². The minimum Gasteiger partial charge on any atom is -0.255 e. The highest BCUT2D eigenvalue weighted by Gasteiger charge is 2.03. The molecule has 0 spiro atoms. The first-order valence-corrected chi connectivity index (χ1v) is 6.64. The number of halogens is 2. The van der Waals surface area contributed by atoms with Gasteiger partial charge in [0, 0.05) is 26.8 Å². The van der Waals surface area contributed by atoms with Crippen LogP contribution in [-0.2, 0) is 10.8 Å². The number of rotatable bonds is 2. The van der Waals surface area contributed by atoms with Gasteiger partial charge in [-0.1, -0.05) is 11.6 Å². The fourth-order valence-corrected chi connectivity index (χ4v) is 2.39. The van der Waals surface area contributed by atoms with Gasteiger partial charge in [0.15, 0.2) is 0 Å². The van der Waals surface area contributed by atoms with Crippen molar-refractivity contribution in [2.24, 2.45) is 0 Å². The highest BCUT2D eigenvalue weighted by Crippen LogP contribution is 2.31. The van der Waals surface area contributed by atoms with Gasteiger partial charge >= 0.3 is 0 Å². The Labute approximate surface area is 87.4 Å². The first kappa shape index (κ1) is 10.4. The maximum Gasteiger partial charge on any atom is 0.0554 e. The van der Waals surface area contributed by atoms with E-state index in [1.165, 1.54) is 0 Å². The van der Waals surface area contributed by atoms with Crippen LogP contribution in [0.5, 0.6) is 0 Å². The molecule has 66 valence electrons. The Balaban J connectivity index is 3.13. The predicted octanol–water partition coefficient (Wildman–Crippen LogP) is 3.32. The van der Waals surface area contributed by atoms with Gasteiger partial charge in [0.05, 0.1) is 5.02 Å². The zero-order chi connectivity index (χ0) is 9.14. The summed E-state index contributed by atoms with van der Waals surface area (Å²) in [5.74, 6) is 0. The van der Waals surface area contributed by atoms with Gasteiger partial charge in [-0.25, -0.2) is 0 Å². The van der Waals surface area contributed by atoms with Gasteiger partial charge in [-0.2, -0.15) is 0 Å². The van der Waals surface area contributed by atoms with E-state index in [0.29, 0.717) is 5.02 Å². The molecular formula is C7H6Cl2OS2. The molecule has 1 atom stereocenters. The summed E-state index contributed by atoms with van der Waals surface area (Å²) in [6.07, 6.45) is 1.62. The quantitative estimate of drug-likeness (QED) is 0.790. The van der Waals surface area contributed by atoms with Crippen molar-refractivity contribution in [3.05, 3.63) is 23.2 Å². The molecule has 1 nitrogen and oxygen atoms in total. The number of hydrogen-bond donors (Lipinski definition) is 0.